The standard InChI is InChI=1S/C19H17ClN2O6/c1-12(28-18(23)9-6-13-4-3-5-14(20)10-13)19(24)21-16-8-7-15(22(25)26)11-17(16)27-2/h3-12H,1-2H3,(H,21,24)/b9-6+/t12-/m0/s1. The van der Waals surface area contributed by atoms with Gasteiger partial charge in [0.2, 0.25) is 0 Å². The summed E-state index contributed by atoms with van der Waals surface area (Å²) in [6.07, 6.45) is 1.59. The number of carbonyl (C=O) groups excluding carboxylic acids is 2. The van der Waals surface area contributed by atoms with Crippen molar-refractivity contribution in [3.63, 3.8) is 0 Å². The molecule has 0 fully saturated rings. The first-order chi connectivity index (χ1) is 13.3. The van der Waals surface area contributed by atoms with Crippen LogP contribution in [0.1, 0.15) is 12.5 Å². The summed E-state index contributed by atoms with van der Waals surface area (Å²) in [5, 5.41) is 13.8. The summed E-state index contributed by atoms with van der Waals surface area (Å²) in [5.41, 5.74) is 0.744. The molecule has 0 spiro atoms. The highest BCUT2D eigenvalue weighted by atomic mass is 35.5. The van der Waals surface area contributed by atoms with Crippen LogP contribution in [0.3, 0.4) is 0 Å². The van der Waals surface area contributed by atoms with Crippen LogP contribution in [-0.2, 0) is 14.3 Å². The van der Waals surface area contributed by atoms with E-state index in [0.717, 1.165) is 0 Å². The molecular weight excluding hydrogens is 388 g/mol. The van der Waals surface area contributed by atoms with Crippen LogP contribution in [0.5, 0.6) is 5.75 Å². The maximum absolute atomic E-state index is 12.2. The molecule has 28 heavy (non-hydrogen) atoms. The van der Waals surface area contributed by atoms with E-state index in [1.165, 1.54) is 44.4 Å². The highest BCUT2D eigenvalue weighted by Crippen LogP contribution is 2.29. The van der Waals surface area contributed by atoms with Gasteiger partial charge in [-0.25, -0.2) is 4.79 Å². The van der Waals surface area contributed by atoms with Gasteiger partial charge in [-0.3, -0.25) is 14.9 Å². The van der Waals surface area contributed by atoms with Gasteiger partial charge in [0, 0.05) is 17.2 Å². The number of halogens is 1. The van der Waals surface area contributed by atoms with Crippen molar-refractivity contribution in [2.45, 2.75) is 13.0 Å². The number of nitro benzene ring substituents is 1. The summed E-state index contributed by atoms with van der Waals surface area (Å²) in [5.74, 6) is -1.21. The summed E-state index contributed by atoms with van der Waals surface area (Å²) in [6.45, 7) is 1.40. The van der Waals surface area contributed by atoms with Gasteiger partial charge in [0.15, 0.2) is 6.10 Å². The van der Waals surface area contributed by atoms with Crippen LogP contribution < -0.4 is 10.1 Å². The molecule has 1 atom stereocenters. The van der Waals surface area contributed by atoms with Crippen molar-refractivity contribution in [1.29, 1.82) is 0 Å². The third-order valence-electron chi connectivity index (χ3n) is 3.58. The Bertz CT molecular complexity index is 928. The Morgan fingerprint density at radius 3 is 2.64 bits per heavy atom. The van der Waals surface area contributed by atoms with Crippen LogP contribution in [0, 0.1) is 10.1 Å². The van der Waals surface area contributed by atoms with E-state index in [1.54, 1.807) is 24.3 Å². The van der Waals surface area contributed by atoms with Crippen molar-refractivity contribution < 1.29 is 24.0 Å². The van der Waals surface area contributed by atoms with Gasteiger partial charge in [0.05, 0.1) is 23.8 Å². The third-order valence-corrected chi connectivity index (χ3v) is 3.81. The zero-order valence-corrected chi connectivity index (χ0v) is 15.8. The Morgan fingerprint density at radius 2 is 2.00 bits per heavy atom. The molecular formula is C19H17ClN2O6. The smallest absolute Gasteiger partial charge is 0.331 e. The fraction of sp³-hybridized carbons (Fsp3) is 0.158. The Kier molecular flexibility index (Phi) is 7.11. The molecule has 8 nitrogen and oxygen atoms in total. The summed E-state index contributed by atoms with van der Waals surface area (Å²) < 4.78 is 10.1. The van der Waals surface area contributed by atoms with E-state index in [4.69, 9.17) is 21.1 Å². The number of amides is 1. The summed E-state index contributed by atoms with van der Waals surface area (Å²) in [4.78, 5) is 34.4. The van der Waals surface area contributed by atoms with Crippen molar-refractivity contribution in [1.82, 2.24) is 0 Å². The lowest BCUT2D eigenvalue weighted by Gasteiger charge is -2.14. The zero-order chi connectivity index (χ0) is 20.7. The number of non-ortho nitro benzene ring substituents is 1. The minimum absolute atomic E-state index is 0.113. The van der Waals surface area contributed by atoms with E-state index >= 15 is 0 Å². The highest BCUT2D eigenvalue weighted by Gasteiger charge is 2.19. The molecule has 0 aromatic heterocycles. The number of nitro groups is 1. The Hall–Kier alpha value is -3.39. The number of rotatable bonds is 7. The molecule has 0 aliphatic rings. The molecule has 2 aromatic carbocycles. The average molecular weight is 405 g/mol. The maximum atomic E-state index is 12.2. The molecule has 0 radical (unpaired) electrons. The van der Waals surface area contributed by atoms with E-state index in [-0.39, 0.29) is 17.1 Å². The van der Waals surface area contributed by atoms with Crippen molar-refractivity contribution >= 4 is 40.9 Å². The maximum Gasteiger partial charge on any atom is 0.331 e. The minimum atomic E-state index is -1.10. The monoisotopic (exact) mass is 404 g/mol. The van der Waals surface area contributed by atoms with Crippen LogP contribution in [0.15, 0.2) is 48.5 Å². The number of benzene rings is 2. The van der Waals surface area contributed by atoms with Crippen molar-refractivity contribution in [3.05, 3.63) is 69.2 Å². The summed E-state index contributed by atoms with van der Waals surface area (Å²) in [6, 6.07) is 10.6. The van der Waals surface area contributed by atoms with Crippen molar-refractivity contribution in [2.24, 2.45) is 0 Å². The van der Waals surface area contributed by atoms with Crippen LogP contribution in [0.25, 0.3) is 6.08 Å². The molecule has 0 unspecified atom stereocenters. The second-order valence-electron chi connectivity index (χ2n) is 5.60. The van der Waals surface area contributed by atoms with Gasteiger partial charge >= 0.3 is 5.97 Å². The van der Waals surface area contributed by atoms with Gasteiger partial charge in [-0.1, -0.05) is 23.7 Å². The summed E-state index contributed by atoms with van der Waals surface area (Å²) in [7, 11) is 1.32. The number of hydrogen-bond acceptors (Lipinski definition) is 6. The number of esters is 1. The van der Waals surface area contributed by atoms with Crippen molar-refractivity contribution in [2.75, 3.05) is 12.4 Å². The molecule has 2 aromatic rings. The van der Waals surface area contributed by atoms with E-state index in [0.29, 0.717) is 10.6 Å². The number of nitrogens with one attached hydrogen (secondary N) is 1. The number of methoxy groups -OCH3 is 1. The minimum Gasteiger partial charge on any atom is -0.494 e. The molecule has 0 bridgehead atoms. The van der Waals surface area contributed by atoms with E-state index in [1.807, 2.05) is 0 Å². The molecule has 0 aliphatic carbocycles. The lowest BCUT2D eigenvalue weighted by Crippen LogP contribution is -2.29. The molecule has 0 aliphatic heterocycles. The first-order valence-corrected chi connectivity index (χ1v) is 8.45. The number of hydrogen-bond donors (Lipinski definition) is 1. The molecule has 1 amide bonds. The Labute approximate surface area is 165 Å². The van der Waals surface area contributed by atoms with Crippen LogP contribution in [-0.4, -0.2) is 30.0 Å². The third kappa shape index (κ3) is 5.82. The van der Waals surface area contributed by atoms with Crippen LogP contribution in [0.2, 0.25) is 5.02 Å². The fourth-order valence-electron chi connectivity index (χ4n) is 2.17. The van der Waals surface area contributed by atoms with Gasteiger partial charge in [-0.05, 0) is 36.8 Å². The molecule has 0 saturated heterocycles. The molecule has 1 N–H and O–H groups in total. The first kappa shape index (κ1) is 20.9. The second-order valence-corrected chi connectivity index (χ2v) is 6.03. The SMILES string of the molecule is COc1cc([N+](=O)[O-])ccc1NC(=O)[C@H](C)OC(=O)/C=C/c1cccc(Cl)c1. The first-order valence-electron chi connectivity index (χ1n) is 8.07. The fourth-order valence-corrected chi connectivity index (χ4v) is 2.37. The van der Waals surface area contributed by atoms with E-state index in [9.17, 15) is 19.7 Å². The lowest BCUT2D eigenvalue weighted by atomic mass is 10.2. The number of anilines is 1. The summed E-state index contributed by atoms with van der Waals surface area (Å²) >= 11 is 5.86. The average Bonchev–Trinajstić information content (AvgIpc) is 2.66. The van der Waals surface area contributed by atoms with E-state index < -0.39 is 22.9 Å². The van der Waals surface area contributed by atoms with Gasteiger partial charge in [-0.15, -0.1) is 0 Å². The molecule has 2 rings (SSSR count). The highest BCUT2D eigenvalue weighted by molar-refractivity contribution is 6.30. The quantitative estimate of drug-likeness (QED) is 0.325. The second kappa shape index (κ2) is 9.52. The largest absolute Gasteiger partial charge is 0.494 e. The normalized spacial score (nSPS) is 11.7. The van der Waals surface area contributed by atoms with Gasteiger partial charge in [0.1, 0.15) is 5.75 Å². The van der Waals surface area contributed by atoms with Gasteiger partial charge < -0.3 is 14.8 Å². The molecule has 0 heterocycles. The van der Waals surface area contributed by atoms with Gasteiger partial charge in [-0.2, -0.15) is 0 Å². The predicted octanol–water partition coefficient (Wildman–Crippen LogP) is 3.84. The molecule has 9 heteroatoms. The van der Waals surface area contributed by atoms with Gasteiger partial charge in [0.25, 0.3) is 11.6 Å². The van der Waals surface area contributed by atoms with E-state index in [2.05, 4.69) is 5.32 Å². The lowest BCUT2D eigenvalue weighted by molar-refractivity contribution is -0.384. The number of carbonyl (C=O) groups is 2. The van der Waals surface area contributed by atoms with Crippen LogP contribution >= 0.6 is 11.6 Å². The topological polar surface area (TPSA) is 108 Å². The number of nitrogens with zero attached hydrogens (tertiary/aromatic N) is 1. The van der Waals surface area contributed by atoms with Crippen molar-refractivity contribution in [3.8, 4) is 5.75 Å². The Balaban J connectivity index is 1.99. The number of ether oxygens (including phenoxy) is 2. The zero-order valence-electron chi connectivity index (χ0n) is 15.0. The van der Waals surface area contributed by atoms with Crippen LogP contribution in [0.4, 0.5) is 11.4 Å². The Morgan fingerprint density at radius 1 is 1.25 bits per heavy atom. The predicted molar refractivity (Wildman–Crippen MR) is 104 cm³/mol. The molecule has 0 saturated carbocycles. The molecule has 146 valence electrons.